The van der Waals surface area contributed by atoms with Crippen molar-refractivity contribution < 1.29 is 14.3 Å². The Hall–Kier alpha value is -3.32. The van der Waals surface area contributed by atoms with Gasteiger partial charge in [0, 0.05) is 24.7 Å². The molecule has 1 aromatic heterocycles. The summed E-state index contributed by atoms with van der Waals surface area (Å²) in [6.45, 7) is 4.41. The Balaban J connectivity index is 1.48. The summed E-state index contributed by atoms with van der Waals surface area (Å²) in [6.07, 6.45) is 0. The summed E-state index contributed by atoms with van der Waals surface area (Å²) in [7, 11) is 1.35. The van der Waals surface area contributed by atoms with E-state index in [4.69, 9.17) is 16.3 Å². The molecule has 1 N–H and O–H groups in total. The average Bonchev–Trinajstić information content (AvgIpc) is 3.31. The van der Waals surface area contributed by atoms with Crippen molar-refractivity contribution in [2.24, 2.45) is 0 Å². The lowest BCUT2D eigenvalue weighted by Crippen LogP contribution is -2.27. The number of halogens is 1. The van der Waals surface area contributed by atoms with Crippen LogP contribution in [0.5, 0.6) is 0 Å². The normalized spacial score (nSPS) is 12.5. The van der Waals surface area contributed by atoms with Crippen molar-refractivity contribution >= 4 is 29.3 Å². The van der Waals surface area contributed by atoms with Crippen LogP contribution in [0.3, 0.4) is 0 Å². The number of rotatable bonds is 6. The maximum Gasteiger partial charge on any atom is 0.337 e. The van der Waals surface area contributed by atoms with Gasteiger partial charge in [-0.25, -0.2) is 9.48 Å². The third kappa shape index (κ3) is 4.41. The third-order valence-electron chi connectivity index (χ3n) is 5.32. The van der Waals surface area contributed by atoms with E-state index in [1.165, 1.54) is 7.11 Å². The van der Waals surface area contributed by atoms with Gasteiger partial charge in [-0.05, 0) is 42.3 Å². The maximum atomic E-state index is 13.0. The van der Waals surface area contributed by atoms with Gasteiger partial charge in [-0.1, -0.05) is 35.9 Å². The van der Waals surface area contributed by atoms with Crippen LogP contribution in [0.2, 0.25) is 5.02 Å². The lowest BCUT2D eigenvalue weighted by molar-refractivity contribution is 0.0600. The first-order chi connectivity index (χ1) is 15.0. The van der Waals surface area contributed by atoms with Crippen LogP contribution in [0.15, 0.2) is 48.5 Å². The fraction of sp³-hybridized carbons (Fsp3) is 0.261. The molecule has 0 saturated heterocycles. The Bertz CT molecular complexity index is 1110. The lowest BCUT2D eigenvalue weighted by Gasteiger charge is -2.19. The second-order valence-electron chi connectivity index (χ2n) is 7.43. The summed E-state index contributed by atoms with van der Waals surface area (Å²) in [5.41, 5.74) is 3.78. The molecule has 2 heterocycles. The van der Waals surface area contributed by atoms with Crippen LogP contribution in [0.1, 0.15) is 37.5 Å². The molecule has 7 nitrogen and oxygen atoms in total. The Kier molecular flexibility index (Phi) is 5.95. The number of anilines is 1. The number of amides is 1. The van der Waals surface area contributed by atoms with Gasteiger partial charge in [0.15, 0.2) is 0 Å². The Morgan fingerprint density at radius 1 is 1.06 bits per heavy atom. The third-order valence-corrected chi connectivity index (χ3v) is 5.58. The number of carbonyl (C=O) groups is 2. The standard InChI is InChI=1S/C23H23ClN4O3/c1-15-20(21(29)25-13-16-3-7-18(8-4-16)23(30)31-2)22-27(11-12-28(22)26-15)14-17-5-9-19(24)10-6-17/h3-10H,11-14H2,1-2H3,(H,25,29). The zero-order valence-corrected chi connectivity index (χ0v) is 18.1. The van der Waals surface area contributed by atoms with E-state index in [1.54, 1.807) is 24.3 Å². The first kappa shape index (κ1) is 20.9. The summed E-state index contributed by atoms with van der Waals surface area (Å²) in [4.78, 5) is 26.8. The number of esters is 1. The number of methoxy groups -OCH3 is 1. The highest BCUT2D eigenvalue weighted by atomic mass is 35.5. The number of fused-ring (bicyclic) bond motifs is 1. The SMILES string of the molecule is COC(=O)c1ccc(CNC(=O)c2c(C)nn3c2N(Cc2ccc(Cl)cc2)CC3)cc1. The molecule has 31 heavy (non-hydrogen) atoms. The minimum atomic E-state index is -0.387. The minimum absolute atomic E-state index is 0.168. The highest BCUT2D eigenvalue weighted by molar-refractivity contribution is 6.30. The zero-order chi connectivity index (χ0) is 22.0. The minimum Gasteiger partial charge on any atom is -0.465 e. The van der Waals surface area contributed by atoms with E-state index >= 15 is 0 Å². The van der Waals surface area contributed by atoms with E-state index < -0.39 is 0 Å². The molecule has 0 radical (unpaired) electrons. The molecule has 0 fully saturated rings. The Morgan fingerprint density at radius 3 is 2.42 bits per heavy atom. The van der Waals surface area contributed by atoms with Crippen molar-refractivity contribution in [3.63, 3.8) is 0 Å². The molecule has 0 atom stereocenters. The van der Waals surface area contributed by atoms with E-state index in [9.17, 15) is 9.59 Å². The molecular weight excluding hydrogens is 416 g/mol. The first-order valence-electron chi connectivity index (χ1n) is 9.98. The molecule has 1 aliphatic heterocycles. The van der Waals surface area contributed by atoms with Crippen molar-refractivity contribution in [3.05, 3.63) is 81.5 Å². The molecular formula is C23H23ClN4O3. The van der Waals surface area contributed by atoms with Gasteiger partial charge in [0.1, 0.15) is 11.4 Å². The number of carbonyl (C=O) groups excluding carboxylic acids is 2. The molecule has 0 saturated carbocycles. The summed E-state index contributed by atoms with van der Waals surface area (Å²) in [5.74, 6) is 0.284. The molecule has 4 rings (SSSR count). The molecule has 3 aromatic rings. The fourth-order valence-corrected chi connectivity index (χ4v) is 3.87. The molecule has 160 valence electrons. The van der Waals surface area contributed by atoms with Gasteiger partial charge in [0.25, 0.3) is 5.91 Å². The van der Waals surface area contributed by atoms with Crippen molar-refractivity contribution in [1.82, 2.24) is 15.1 Å². The van der Waals surface area contributed by atoms with Gasteiger partial charge in [0.05, 0.1) is 24.9 Å². The molecule has 0 spiro atoms. The second-order valence-corrected chi connectivity index (χ2v) is 7.86. The van der Waals surface area contributed by atoms with Gasteiger partial charge in [0.2, 0.25) is 0 Å². The second kappa shape index (κ2) is 8.81. The molecule has 1 amide bonds. The van der Waals surface area contributed by atoms with E-state index in [-0.39, 0.29) is 11.9 Å². The summed E-state index contributed by atoms with van der Waals surface area (Å²) < 4.78 is 6.60. The quantitative estimate of drug-likeness (QED) is 0.595. The number of nitrogens with zero attached hydrogens (tertiary/aromatic N) is 3. The number of ether oxygens (including phenoxy) is 1. The number of nitrogens with one attached hydrogen (secondary N) is 1. The van der Waals surface area contributed by atoms with Crippen molar-refractivity contribution in [2.75, 3.05) is 18.6 Å². The highest BCUT2D eigenvalue weighted by Gasteiger charge is 2.30. The van der Waals surface area contributed by atoms with Crippen molar-refractivity contribution in [2.45, 2.75) is 26.6 Å². The predicted molar refractivity (Wildman–Crippen MR) is 118 cm³/mol. The van der Waals surface area contributed by atoms with Crippen LogP contribution >= 0.6 is 11.6 Å². The summed E-state index contributed by atoms with van der Waals surface area (Å²) in [6, 6.07) is 14.7. The zero-order valence-electron chi connectivity index (χ0n) is 17.4. The molecule has 0 aliphatic carbocycles. The number of hydrogen-bond donors (Lipinski definition) is 1. The molecule has 0 bridgehead atoms. The van der Waals surface area contributed by atoms with Crippen LogP contribution < -0.4 is 10.2 Å². The highest BCUT2D eigenvalue weighted by Crippen LogP contribution is 2.30. The number of hydrogen-bond acceptors (Lipinski definition) is 5. The van der Waals surface area contributed by atoms with E-state index in [0.29, 0.717) is 34.9 Å². The van der Waals surface area contributed by atoms with E-state index in [1.807, 2.05) is 35.9 Å². The van der Waals surface area contributed by atoms with Crippen LogP contribution in [0.4, 0.5) is 5.82 Å². The topological polar surface area (TPSA) is 76.5 Å². The predicted octanol–water partition coefficient (Wildman–Crippen LogP) is 3.58. The maximum absolute atomic E-state index is 13.0. The average molecular weight is 439 g/mol. The number of aryl methyl sites for hydroxylation is 1. The first-order valence-corrected chi connectivity index (χ1v) is 10.4. The Morgan fingerprint density at radius 2 is 1.74 bits per heavy atom. The van der Waals surface area contributed by atoms with Gasteiger partial charge in [-0.15, -0.1) is 0 Å². The molecule has 2 aromatic carbocycles. The van der Waals surface area contributed by atoms with Crippen LogP contribution in [0, 0.1) is 6.92 Å². The van der Waals surface area contributed by atoms with Crippen LogP contribution in [-0.2, 0) is 24.4 Å². The van der Waals surface area contributed by atoms with Gasteiger partial charge in [-0.3, -0.25) is 4.79 Å². The molecule has 8 heteroatoms. The van der Waals surface area contributed by atoms with Crippen LogP contribution in [-0.4, -0.2) is 35.3 Å². The van der Waals surface area contributed by atoms with Gasteiger partial charge < -0.3 is 15.0 Å². The van der Waals surface area contributed by atoms with Gasteiger partial charge >= 0.3 is 5.97 Å². The molecule has 1 aliphatic rings. The smallest absolute Gasteiger partial charge is 0.337 e. The van der Waals surface area contributed by atoms with E-state index in [2.05, 4.69) is 15.3 Å². The Labute approximate surface area is 185 Å². The molecule has 0 unspecified atom stereocenters. The largest absolute Gasteiger partial charge is 0.465 e. The fourth-order valence-electron chi connectivity index (χ4n) is 3.75. The van der Waals surface area contributed by atoms with E-state index in [0.717, 1.165) is 30.0 Å². The number of benzene rings is 2. The van der Waals surface area contributed by atoms with Crippen molar-refractivity contribution in [3.8, 4) is 0 Å². The summed E-state index contributed by atoms with van der Waals surface area (Å²) >= 11 is 5.99. The summed E-state index contributed by atoms with van der Waals surface area (Å²) in [5, 5.41) is 8.23. The number of aromatic nitrogens is 2. The monoisotopic (exact) mass is 438 g/mol. The van der Waals surface area contributed by atoms with Crippen molar-refractivity contribution in [1.29, 1.82) is 0 Å². The van der Waals surface area contributed by atoms with Crippen LogP contribution in [0.25, 0.3) is 0 Å². The van der Waals surface area contributed by atoms with Gasteiger partial charge in [-0.2, -0.15) is 5.10 Å². The lowest BCUT2D eigenvalue weighted by atomic mass is 10.1.